The molecule has 2 N–H and O–H groups in total. The first kappa shape index (κ1) is 11.6. The van der Waals surface area contributed by atoms with Gasteiger partial charge in [-0.3, -0.25) is 5.10 Å². The number of rotatable bonds is 2. The molecule has 20 heavy (non-hydrogen) atoms. The van der Waals surface area contributed by atoms with Gasteiger partial charge in [-0.1, -0.05) is 19.3 Å². The van der Waals surface area contributed by atoms with Crippen molar-refractivity contribution in [2.24, 2.45) is 0 Å². The molecular weight excluding hydrogens is 250 g/mol. The predicted molar refractivity (Wildman–Crippen MR) is 77.3 cm³/mol. The number of nitrogens with zero attached hydrogens (tertiary/aromatic N) is 3. The topological polar surface area (TPSA) is 70.2 Å². The minimum absolute atomic E-state index is 0.577. The van der Waals surface area contributed by atoms with Gasteiger partial charge in [0, 0.05) is 29.4 Å². The quantitative estimate of drug-likeness (QED) is 0.747. The normalized spacial score (nSPS) is 16.8. The highest BCUT2D eigenvalue weighted by Gasteiger charge is 2.19. The van der Waals surface area contributed by atoms with E-state index >= 15 is 0 Å². The summed E-state index contributed by atoms with van der Waals surface area (Å²) in [7, 11) is 0. The van der Waals surface area contributed by atoms with Gasteiger partial charge < -0.3 is 4.98 Å². The van der Waals surface area contributed by atoms with E-state index in [-0.39, 0.29) is 0 Å². The van der Waals surface area contributed by atoms with Gasteiger partial charge in [-0.2, -0.15) is 5.10 Å². The lowest BCUT2D eigenvalue weighted by molar-refractivity contribution is 0.436. The molecule has 0 bridgehead atoms. The smallest absolute Gasteiger partial charge is 0.156 e. The van der Waals surface area contributed by atoms with Gasteiger partial charge in [0.15, 0.2) is 5.65 Å². The Hall–Kier alpha value is -2.17. The first-order valence-electron chi connectivity index (χ1n) is 7.25. The fraction of sp³-hybridized carbons (Fsp3) is 0.400. The highest BCUT2D eigenvalue weighted by atomic mass is 15.1. The van der Waals surface area contributed by atoms with Gasteiger partial charge >= 0.3 is 0 Å². The van der Waals surface area contributed by atoms with Crippen LogP contribution in [0.25, 0.3) is 22.3 Å². The van der Waals surface area contributed by atoms with Gasteiger partial charge in [0.2, 0.25) is 0 Å². The molecule has 0 atom stereocenters. The van der Waals surface area contributed by atoms with Crippen LogP contribution in [0, 0.1) is 0 Å². The van der Waals surface area contributed by atoms with Crippen LogP contribution in [0.3, 0.4) is 0 Å². The van der Waals surface area contributed by atoms with Crippen molar-refractivity contribution in [3.8, 4) is 11.1 Å². The SMILES string of the molecule is c1n[nH]cc1-c1c[nH]c2ncc(C3CCCCC3)nc12. The van der Waals surface area contributed by atoms with Crippen molar-refractivity contribution in [2.45, 2.75) is 38.0 Å². The Bertz CT molecular complexity index is 707. The standard InChI is InChI=1S/C15H17N5/c1-2-4-10(5-3-1)13-9-17-15-14(20-13)12(8-16-15)11-6-18-19-7-11/h6-10H,1-5H2,(H,16,17)(H,18,19). The first-order chi connectivity index (χ1) is 9.92. The van der Waals surface area contributed by atoms with Crippen LogP contribution in [-0.2, 0) is 0 Å². The predicted octanol–water partition coefficient (Wildman–Crippen LogP) is 3.40. The Labute approximate surface area is 116 Å². The molecule has 3 heterocycles. The zero-order chi connectivity index (χ0) is 13.4. The molecule has 0 amide bonds. The third-order valence-electron chi connectivity index (χ3n) is 4.23. The molecule has 0 saturated heterocycles. The summed E-state index contributed by atoms with van der Waals surface area (Å²) in [6, 6.07) is 0. The summed E-state index contributed by atoms with van der Waals surface area (Å²) in [5.74, 6) is 0.577. The molecule has 1 saturated carbocycles. The Morgan fingerprint density at radius 2 is 1.95 bits per heavy atom. The van der Waals surface area contributed by atoms with E-state index in [1.165, 1.54) is 32.1 Å². The van der Waals surface area contributed by atoms with Crippen molar-refractivity contribution in [3.05, 3.63) is 30.5 Å². The molecule has 1 aliphatic rings. The lowest BCUT2D eigenvalue weighted by Crippen LogP contribution is -2.07. The number of aromatic amines is 2. The van der Waals surface area contributed by atoms with E-state index in [9.17, 15) is 0 Å². The number of hydrogen-bond donors (Lipinski definition) is 2. The molecule has 0 aliphatic heterocycles. The van der Waals surface area contributed by atoms with Crippen LogP contribution in [0.1, 0.15) is 43.7 Å². The average molecular weight is 267 g/mol. The van der Waals surface area contributed by atoms with Crippen molar-refractivity contribution >= 4 is 11.2 Å². The molecule has 3 aromatic heterocycles. The van der Waals surface area contributed by atoms with Crippen LogP contribution in [-0.4, -0.2) is 25.1 Å². The molecule has 0 spiro atoms. The highest BCUT2D eigenvalue weighted by molar-refractivity contribution is 5.89. The van der Waals surface area contributed by atoms with Crippen LogP contribution >= 0.6 is 0 Å². The molecule has 0 radical (unpaired) electrons. The average Bonchev–Trinajstić information content (AvgIpc) is 3.16. The van der Waals surface area contributed by atoms with Crippen LogP contribution in [0.5, 0.6) is 0 Å². The van der Waals surface area contributed by atoms with Crippen LogP contribution < -0.4 is 0 Å². The molecule has 0 aromatic carbocycles. The molecule has 1 aliphatic carbocycles. The van der Waals surface area contributed by atoms with E-state index in [0.29, 0.717) is 5.92 Å². The van der Waals surface area contributed by atoms with Crippen molar-refractivity contribution in [2.75, 3.05) is 0 Å². The fourth-order valence-electron chi connectivity index (χ4n) is 3.12. The second-order valence-electron chi connectivity index (χ2n) is 5.52. The van der Waals surface area contributed by atoms with Crippen LogP contribution in [0.2, 0.25) is 0 Å². The molecule has 0 unspecified atom stereocenters. The summed E-state index contributed by atoms with van der Waals surface area (Å²) in [5.41, 5.74) is 5.06. The number of nitrogens with one attached hydrogen (secondary N) is 2. The number of hydrogen-bond acceptors (Lipinski definition) is 3. The summed E-state index contributed by atoms with van der Waals surface area (Å²) in [6.45, 7) is 0. The van der Waals surface area contributed by atoms with Gasteiger partial charge in [-0.05, 0) is 12.8 Å². The van der Waals surface area contributed by atoms with E-state index in [1.807, 2.05) is 24.8 Å². The zero-order valence-corrected chi connectivity index (χ0v) is 11.3. The van der Waals surface area contributed by atoms with Gasteiger partial charge in [-0.25, -0.2) is 9.97 Å². The Morgan fingerprint density at radius 3 is 2.75 bits per heavy atom. The molecule has 1 fully saturated rings. The second kappa shape index (κ2) is 4.74. The maximum atomic E-state index is 4.88. The summed E-state index contributed by atoms with van der Waals surface area (Å²) >= 11 is 0. The highest BCUT2D eigenvalue weighted by Crippen LogP contribution is 2.33. The zero-order valence-electron chi connectivity index (χ0n) is 11.3. The maximum Gasteiger partial charge on any atom is 0.156 e. The second-order valence-corrected chi connectivity index (χ2v) is 5.52. The lowest BCUT2D eigenvalue weighted by Gasteiger charge is -2.20. The summed E-state index contributed by atoms with van der Waals surface area (Å²) in [4.78, 5) is 12.6. The van der Waals surface area contributed by atoms with E-state index in [1.54, 1.807) is 0 Å². The van der Waals surface area contributed by atoms with E-state index < -0.39 is 0 Å². The number of H-pyrrole nitrogens is 2. The molecule has 5 nitrogen and oxygen atoms in total. The van der Waals surface area contributed by atoms with Crippen LogP contribution in [0.15, 0.2) is 24.8 Å². The summed E-state index contributed by atoms with van der Waals surface area (Å²) in [6.07, 6.45) is 14.1. The van der Waals surface area contributed by atoms with Gasteiger partial charge in [0.05, 0.1) is 18.1 Å². The largest absolute Gasteiger partial charge is 0.344 e. The molecule has 4 rings (SSSR count). The van der Waals surface area contributed by atoms with Crippen molar-refractivity contribution in [1.82, 2.24) is 25.1 Å². The lowest BCUT2D eigenvalue weighted by atomic mass is 9.87. The molecule has 3 aromatic rings. The van der Waals surface area contributed by atoms with Gasteiger partial charge in [0.1, 0.15) is 5.52 Å². The van der Waals surface area contributed by atoms with E-state index in [0.717, 1.165) is 28.0 Å². The third-order valence-corrected chi connectivity index (χ3v) is 4.23. The molecular formula is C15H17N5. The van der Waals surface area contributed by atoms with Crippen LogP contribution in [0.4, 0.5) is 0 Å². The Morgan fingerprint density at radius 1 is 1.05 bits per heavy atom. The minimum atomic E-state index is 0.577. The van der Waals surface area contributed by atoms with Gasteiger partial charge in [0.25, 0.3) is 0 Å². The minimum Gasteiger partial charge on any atom is -0.344 e. The molecule has 5 heteroatoms. The monoisotopic (exact) mass is 267 g/mol. The van der Waals surface area contributed by atoms with Crippen molar-refractivity contribution < 1.29 is 0 Å². The third kappa shape index (κ3) is 1.90. The van der Waals surface area contributed by atoms with Crippen molar-refractivity contribution in [3.63, 3.8) is 0 Å². The van der Waals surface area contributed by atoms with E-state index in [4.69, 9.17) is 4.98 Å². The Balaban J connectivity index is 1.79. The summed E-state index contributed by atoms with van der Waals surface area (Å²) < 4.78 is 0. The van der Waals surface area contributed by atoms with Crippen molar-refractivity contribution in [1.29, 1.82) is 0 Å². The maximum absolute atomic E-state index is 4.88. The summed E-state index contributed by atoms with van der Waals surface area (Å²) in [5, 5.41) is 6.86. The molecule has 102 valence electrons. The van der Waals surface area contributed by atoms with Gasteiger partial charge in [-0.15, -0.1) is 0 Å². The number of aromatic nitrogens is 5. The fourth-order valence-corrected chi connectivity index (χ4v) is 3.12. The number of fused-ring (bicyclic) bond motifs is 1. The Kier molecular flexibility index (Phi) is 2.76. The van der Waals surface area contributed by atoms with E-state index in [2.05, 4.69) is 20.2 Å². The first-order valence-corrected chi connectivity index (χ1v) is 7.25.